The maximum absolute atomic E-state index is 10.5. The zero-order valence-electron chi connectivity index (χ0n) is 9.14. The summed E-state index contributed by atoms with van der Waals surface area (Å²) in [5.41, 5.74) is 0.488. The smallest absolute Gasteiger partial charge is 0.744 e. The monoisotopic (exact) mass is 308 g/mol. The molecule has 3 N–H and O–H groups in total. The van der Waals surface area contributed by atoms with Gasteiger partial charge < -0.3 is 19.2 Å². The van der Waals surface area contributed by atoms with E-state index in [1.54, 1.807) is 19.1 Å². The predicted octanol–water partition coefficient (Wildman–Crippen LogP) is -3.03. The number of benzene rings is 1. The van der Waals surface area contributed by atoms with E-state index in [0.717, 1.165) is 0 Å². The van der Waals surface area contributed by atoms with Crippen molar-refractivity contribution in [3.05, 3.63) is 29.8 Å². The molecule has 0 aliphatic carbocycles. The van der Waals surface area contributed by atoms with E-state index in [0.29, 0.717) is 5.56 Å². The van der Waals surface area contributed by atoms with Gasteiger partial charge in [-0.3, -0.25) is 0 Å². The number of rotatable bonds is 1. The van der Waals surface area contributed by atoms with Gasteiger partial charge in [-0.15, -0.1) is 0 Å². The summed E-state index contributed by atoms with van der Waals surface area (Å²) < 4.78 is 40.4. The van der Waals surface area contributed by atoms with Crippen molar-refractivity contribution in [2.24, 2.45) is 0 Å². The van der Waals surface area contributed by atoms with Crippen LogP contribution in [0.3, 0.4) is 0 Å². The molecular formula is C7H10KO7PS. The van der Waals surface area contributed by atoms with Crippen LogP contribution in [0.25, 0.3) is 0 Å². The summed E-state index contributed by atoms with van der Waals surface area (Å²) in [7, 11) is -8.92. The Balaban J connectivity index is 0. The normalized spacial score (nSPS) is 10.9. The van der Waals surface area contributed by atoms with Gasteiger partial charge in [-0.1, -0.05) is 18.2 Å². The molecule has 7 nitrogen and oxygen atoms in total. The van der Waals surface area contributed by atoms with Crippen molar-refractivity contribution in [1.29, 1.82) is 0 Å². The molecule has 0 saturated heterocycles. The maximum atomic E-state index is 10.5. The van der Waals surface area contributed by atoms with Gasteiger partial charge in [0.1, 0.15) is 10.1 Å². The van der Waals surface area contributed by atoms with Gasteiger partial charge in [0.25, 0.3) is 0 Å². The fraction of sp³-hybridized carbons (Fsp3) is 0.143. The summed E-state index contributed by atoms with van der Waals surface area (Å²) in [5, 5.41) is 0. The van der Waals surface area contributed by atoms with Gasteiger partial charge in [-0.05, 0) is 18.6 Å². The number of hydrogen-bond donors (Lipinski definition) is 3. The average molecular weight is 308 g/mol. The Morgan fingerprint density at radius 3 is 1.76 bits per heavy atom. The van der Waals surface area contributed by atoms with Crippen LogP contribution in [0.4, 0.5) is 0 Å². The molecule has 0 heterocycles. The van der Waals surface area contributed by atoms with Gasteiger partial charge in [0.05, 0.1) is 4.90 Å². The largest absolute Gasteiger partial charge is 1.00 e. The summed E-state index contributed by atoms with van der Waals surface area (Å²) >= 11 is 0. The van der Waals surface area contributed by atoms with E-state index in [-0.39, 0.29) is 56.3 Å². The van der Waals surface area contributed by atoms with Crippen LogP contribution in [0, 0.1) is 6.92 Å². The Morgan fingerprint density at radius 2 is 1.53 bits per heavy atom. The van der Waals surface area contributed by atoms with Crippen molar-refractivity contribution < 1.29 is 83.6 Å². The minimum Gasteiger partial charge on any atom is -0.744 e. The van der Waals surface area contributed by atoms with Gasteiger partial charge in [0.2, 0.25) is 0 Å². The second-order valence-corrected chi connectivity index (χ2v) is 5.11. The van der Waals surface area contributed by atoms with E-state index in [4.69, 9.17) is 19.2 Å². The van der Waals surface area contributed by atoms with E-state index in [1.807, 2.05) is 0 Å². The van der Waals surface area contributed by atoms with E-state index in [9.17, 15) is 13.0 Å². The average Bonchev–Trinajstić information content (AvgIpc) is 1.99. The first-order valence-corrected chi connectivity index (χ1v) is 6.79. The first-order chi connectivity index (χ1) is 7.02. The summed E-state index contributed by atoms with van der Waals surface area (Å²) in [5.74, 6) is 0. The Kier molecular flexibility index (Phi) is 9.66. The number of aryl methyl sites for hydroxylation is 1. The number of hydrogen-bond acceptors (Lipinski definition) is 4. The second kappa shape index (κ2) is 8.13. The molecule has 0 aliphatic heterocycles. The fourth-order valence-electron chi connectivity index (χ4n) is 0.837. The van der Waals surface area contributed by atoms with Crippen LogP contribution in [0.5, 0.6) is 0 Å². The molecule has 0 unspecified atom stereocenters. The molecule has 0 bridgehead atoms. The van der Waals surface area contributed by atoms with Crippen LogP contribution in [-0.2, 0) is 14.7 Å². The molecule has 1 aromatic carbocycles. The van der Waals surface area contributed by atoms with Crippen molar-refractivity contribution in [3.8, 4) is 0 Å². The van der Waals surface area contributed by atoms with Crippen LogP contribution in [0.2, 0.25) is 0 Å². The van der Waals surface area contributed by atoms with Crippen molar-refractivity contribution in [2.75, 3.05) is 0 Å². The SMILES string of the molecule is Cc1ccccc1S(=O)(=O)[O-].O=P(O)(O)O.[K+]. The maximum Gasteiger partial charge on any atom is 1.00 e. The molecule has 1 aromatic rings. The molecule has 10 heteroatoms. The third kappa shape index (κ3) is 11.7. The molecule has 0 aromatic heterocycles. The zero-order valence-corrected chi connectivity index (χ0v) is 14.0. The molecule has 0 amide bonds. The van der Waals surface area contributed by atoms with Crippen LogP contribution < -0.4 is 51.4 Å². The van der Waals surface area contributed by atoms with Gasteiger partial charge in [-0.2, -0.15) is 0 Å². The van der Waals surface area contributed by atoms with Crippen LogP contribution in [-0.4, -0.2) is 27.7 Å². The van der Waals surface area contributed by atoms with Gasteiger partial charge in [0.15, 0.2) is 0 Å². The molecular weight excluding hydrogens is 298 g/mol. The minimum atomic E-state index is -4.64. The molecule has 17 heavy (non-hydrogen) atoms. The van der Waals surface area contributed by atoms with E-state index < -0.39 is 17.9 Å². The van der Waals surface area contributed by atoms with Crippen molar-refractivity contribution in [2.45, 2.75) is 11.8 Å². The Labute approximate surface area is 141 Å². The molecule has 92 valence electrons. The van der Waals surface area contributed by atoms with Crippen LogP contribution in [0.1, 0.15) is 5.56 Å². The Morgan fingerprint density at radius 1 is 1.18 bits per heavy atom. The summed E-state index contributed by atoms with van der Waals surface area (Å²) in [6, 6.07) is 6.10. The third-order valence-corrected chi connectivity index (χ3v) is 2.36. The predicted molar refractivity (Wildman–Crippen MR) is 53.4 cm³/mol. The topological polar surface area (TPSA) is 135 Å². The standard InChI is InChI=1S/C7H8O3S.K.H3O4P/c1-6-4-2-3-5-7(6)11(8,9)10;;1-5(2,3)4/h2-5H,1H3,(H,8,9,10);;(H3,1,2,3,4)/q;+1;/p-1. The number of phosphoric acid groups is 1. The van der Waals surface area contributed by atoms with Crippen LogP contribution in [0.15, 0.2) is 29.2 Å². The van der Waals surface area contributed by atoms with Gasteiger partial charge >= 0.3 is 59.2 Å². The van der Waals surface area contributed by atoms with Crippen molar-refractivity contribution in [3.63, 3.8) is 0 Å². The summed E-state index contributed by atoms with van der Waals surface area (Å²) in [6.45, 7) is 1.59. The molecule has 0 spiro atoms. The summed E-state index contributed by atoms with van der Waals surface area (Å²) in [6.07, 6.45) is 0. The first-order valence-electron chi connectivity index (χ1n) is 3.81. The second-order valence-electron chi connectivity index (χ2n) is 2.73. The molecule has 0 fully saturated rings. The van der Waals surface area contributed by atoms with E-state index in [1.165, 1.54) is 12.1 Å². The Hall–Kier alpha value is 0.876. The molecule has 0 radical (unpaired) electrons. The molecule has 1 rings (SSSR count). The summed E-state index contributed by atoms with van der Waals surface area (Å²) in [4.78, 5) is 21.4. The minimum absolute atomic E-state index is 0. The van der Waals surface area contributed by atoms with E-state index >= 15 is 0 Å². The Bertz CT molecular complexity index is 486. The van der Waals surface area contributed by atoms with Gasteiger partial charge in [0, 0.05) is 0 Å². The molecule has 0 atom stereocenters. The van der Waals surface area contributed by atoms with Crippen molar-refractivity contribution in [1.82, 2.24) is 0 Å². The van der Waals surface area contributed by atoms with Crippen molar-refractivity contribution >= 4 is 17.9 Å². The quantitative estimate of drug-likeness (QED) is 0.285. The molecule has 0 saturated carbocycles. The van der Waals surface area contributed by atoms with Crippen LogP contribution >= 0.6 is 7.82 Å². The first kappa shape index (κ1) is 20.2. The fourth-order valence-corrected chi connectivity index (χ4v) is 1.54. The van der Waals surface area contributed by atoms with E-state index in [2.05, 4.69) is 0 Å². The third-order valence-electron chi connectivity index (χ3n) is 1.36. The van der Waals surface area contributed by atoms with Gasteiger partial charge in [-0.25, -0.2) is 13.0 Å². The zero-order chi connectivity index (χ0) is 13.0. The molecule has 0 aliphatic rings.